The van der Waals surface area contributed by atoms with Gasteiger partial charge in [0.05, 0.1) is 4.90 Å². The van der Waals surface area contributed by atoms with E-state index >= 15 is 0 Å². The van der Waals surface area contributed by atoms with E-state index in [0.717, 1.165) is 24.0 Å². The Morgan fingerprint density at radius 1 is 1.13 bits per heavy atom. The van der Waals surface area contributed by atoms with Crippen LogP contribution in [0, 0.1) is 13.8 Å². The van der Waals surface area contributed by atoms with E-state index in [1.54, 1.807) is 23.5 Å². The molecule has 0 amide bonds. The highest BCUT2D eigenvalue weighted by Crippen LogP contribution is 2.42. The lowest BCUT2D eigenvalue weighted by molar-refractivity contribution is 0.440. The average Bonchev–Trinajstić information content (AvgIpc) is 3.19. The average molecular weight is 350 g/mol. The molecule has 5 heteroatoms. The van der Waals surface area contributed by atoms with Crippen molar-refractivity contribution < 1.29 is 8.42 Å². The Morgan fingerprint density at radius 2 is 1.87 bits per heavy atom. The molecule has 1 fully saturated rings. The molecule has 0 saturated heterocycles. The van der Waals surface area contributed by atoms with E-state index in [0.29, 0.717) is 11.4 Å². The zero-order chi connectivity index (χ0) is 16.5. The predicted octanol–water partition coefficient (Wildman–Crippen LogP) is 4.16. The van der Waals surface area contributed by atoms with Crippen LogP contribution in [0.1, 0.15) is 41.7 Å². The summed E-state index contributed by atoms with van der Waals surface area (Å²) in [5.74, 6) is 0. The molecular formula is C18H23NO2S2. The van der Waals surface area contributed by atoms with Crippen LogP contribution in [-0.2, 0) is 15.4 Å². The highest BCUT2D eigenvalue weighted by atomic mass is 32.2. The van der Waals surface area contributed by atoms with Crippen LogP contribution in [0.3, 0.4) is 0 Å². The van der Waals surface area contributed by atoms with Gasteiger partial charge in [0.2, 0.25) is 10.0 Å². The maximum absolute atomic E-state index is 12.7. The molecule has 2 aromatic rings. The molecule has 1 N–H and O–H groups in total. The molecule has 0 atom stereocenters. The Morgan fingerprint density at radius 3 is 2.48 bits per heavy atom. The second-order valence-corrected chi connectivity index (χ2v) is 9.25. The molecule has 1 aliphatic rings. The monoisotopic (exact) mass is 349 g/mol. The first-order valence-electron chi connectivity index (χ1n) is 8.04. The van der Waals surface area contributed by atoms with E-state index in [1.807, 2.05) is 19.9 Å². The Balaban J connectivity index is 1.81. The second-order valence-electron chi connectivity index (χ2n) is 6.54. The Labute approximate surface area is 142 Å². The summed E-state index contributed by atoms with van der Waals surface area (Å²) in [4.78, 5) is 1.66. The maximum Gasteiger partial charge on any atom is 0.240 e. The van der Waals surface area contributed by atoms with Crippen LogP contribution in [0.2, 0.25) is 0 Å². The van der Waals surface area contributed by atoms with Crippen molar-refractivity contribution >= 4 is 21.4 Å². The summed E-state index contributed by atoms with van der Waals surface area (Å²) < 4.78 is 28.2. The molecule has 1 heterocycles. The number of thiophene rings is 1. The summed E-state index contributed by atoms with van der Waals surface area (Å²) >= 11 is 1.74. The highest BCUT2D eigenvalue weighted by Gasteiger charge is 2.37. The molecule has 0 radical (unpaired) electrons. The fraction of sp³-hybridized carbons (Fsp3) is 0.444. The lowest BCUT2D eigenvalue weighted by Crippen LogP contribution is -2.38. The van der Waals surface area contributed by atoms with E-state index in [2.05, 4.69) is 22.2 Å². The zero-order valence-electron chi connectivity index (χ0n) is 13.6. The Hall–Kier alpha value is -1.17. The normalized spacial score (nSPS) is 17.5. The molecule has 124 valence electrons. The quantitative estimate of drug-likeness (QED) is 0.881. The zero-order valence-corrected chi connectivity index (χ0v) is 15.3. The minimum atomic E-state index is -3.46. The van der Waals surface area contributed by atoms with Crippen molar-refractivity contribution in [2.45, 2.75) is 49.8 Å². The smallest absolute Gasteiger partial charge is 0.210 e. The number of benzene rings is 1. The molecule has 1 saturated carbocycles. The molecule has 23 heavy (non-hydrogen) atoms. The minimum Gasteiger partial charge on any atom is -0.210 e. The lowest BCUT2D eigenvalue weighted by atomic mass is 9.85. The summed E-state index contributed by atoms with van der Waals surface area (Å²) in [5, 5.41) is 2.08. The van der Waals surface area contributed by atoms with E-state index in [-0.39, 0.29) is 5.41 Å². The van der Waals surface area contributed by atoms with Gasteiger partial charge in [-0.2, -0.15) is 0 Å². The fourth-order valence-electron chi connectivity index (χ4n) is 3.34. The first-order chi connectivity index (χ1) is 10.9. The van der Waals surface area contributed by atoms with E-state index in [1.165, 1.54) is 17.7 Å². The van der Waals surface area contributed by atoms with Gasteiger partial charge in [0.15, 0.2) is 0 Å². The van der Waals surface area contributed by atoms with Crippen LogP contribution < -0.4 is 4.72 Å². The minimum absolute atomic E-state index is 0.0268. The van der Waals surface area contributed by atoms with Crippen LogP contribution in [0.4, 0.5) is 0 Å². The molecule has 1 aliphatic carbocycles. The number of aryl methyl sites for hydroxylation is 2. The van der Waals surface area contributed by atoms with Crippen molar-refractivity contribution in [2.75, 3.05) is 6.54 Å². The van der Waals surface area contributed by atoms with Gasteiger partial charge in [-0.1, -0.05) is 25.0 Å². The van der Waals surface area contributed by atoms with Gasteiger partial charge in [-0.25, -0.2) is 13.1 Å². The van der Waals surface area contributed by atoms with Crippen molar-refractivity contribution in [3.05, 3.63) is 51.7 Å². The Kier molecular flexibility index (Phi) is 4.63. The number of hydrogen-bond acceptors (Lipinski definition) is 3. The van der Waals surface area contributed by atoms with Gasteiger partial charge >= 0.3 is 0 Å². The van der Waals surface area contributed by atoms with Gasteiger partial charge < -0.3 is 0 Å². The fourth-order valence-corrected chi connectivity index (χ4v) is 5.54. The van der Waals surface area contributed by atoms with Gasteiger partial charge in [-0.15, -0.1) is 11.3 Å². The van der Waals surface area contributed by atoms with E-state index < -0.39 is 10.0 Å². The van der Waals surface area contributed by atoms with Gasteiger partial charge in [0.1, 0.15) is 0 Å². The maximum atomic E-state index is 12.7. The highest BCUT2D eigenvalue weighted by molar-refractivity contribution is 7.89. The van der Waals surface area contributed by atoms with Crippen molar-refractivity contribution in [1.82, 2.24) is 4.72 Å². The molecule has 0 unspecified atom stereocenters. The molecule has 0 aliphatic heterocycles. The summed E-state index contributed by atoms with van der Waals surface area (Å²) in [7, 11) is -3.46. The summed E-state index contributed by atoms with van der Waals surface area (Å²) in [6.45, 7) is 4.42. The van der Waals surface area contributed by atoms with E-state index in [4.69, 9.17) is 0 Å². The molecule has 1 aromatic heterocycles. The lowest BCUT2D eigenvalue weighted by Gasteiger charge is -2.28. The Bertz CT molecular complexity index is 773. The molecule has 0 bridgehead atoms. The summed E-state index contributed by atoms with van der Waals surface area (Å²) in [5.41, 5.74) is 2.08. The third-order valence-corrected chi connectivity index (χ3v) is 7.51. The predicted molar refractivity (Wildman–Crippen MR) is 95.6 cm³/mol. The molecule has 3 rings (SSSR count). The molecule has 3 nitrogen and oxygen atoms in total. The van der Waals surface area contributed by atoms with Gasteiger partial charge in [0.25, 0.3) is 0 Å². The first kappa shape index (κ1) is 16.7. The summed E-state index contributed by atoms with van der Waals surface area (Å²) in [6, 6.07) is 9.51. The van der Waals surface area contributed by atoms with Crippen molar-refractivity contribution in [3.8, 4) is 0 Å². The number of hydrogen-bond donors (Lipinski definition) is 1. The van der Waals surface area contributed by atoms with Crippen LogP contribution in [0.25, 0.3) is 0 Å². The molecular weight excluding hydrogens is 326 g/mol. The second kappa shape index (κ2) is 6.38. The summed E-state index contributed by atoms with van der Waals surface area (Å²) in [6.07, 6.45) is 4.46. The van der Waals surface area contributed by atoms with Crippen LogP contribution in [-0.4, -0.2) is 15.0 Å². The van der Waals surface area contributed by atoms with Gasteiger partial charge in [0, 0.05) is 16.8 Å². The number of rotatable bonds is 5. The van der Waals surface area contributed by atoms with Crippen LogP contribution in [0.15, 0.2) is 40.6 Å². The molecule has 1 aromatic carbocycles. The van der Waals surface area contributed by atoms with Gasteiger partial charge in [-0.3, -0.25) is 0 Å². The SMILES string of the molecule is Cc1ccc(S(=O)(=O)NCC2(c3cccs3)CCCC2)cc1C. The third-order valence-electron chi connectivity index (χ3n) is 4.99. The van der Waals surface area contributed by atoms with Crippen molar-refractivity contribution in [1.29, 1.82) is 0 Å². The topological polar surface area (TPSA) is 46.2 Å². The van der Waals surface area contributed by atoms with Crippen LogP contribution in [0.5, 0.6) is 0 Å². The van der Waals surface area contributed by atoms with Gasteiger partial charge in [-0.05, 0) is 61.4 Å². The number of sulfonamides is 1. The number of nitrogens with one attached hydrogen (secondary N) is 1. The van der Waals surface area contributed by atoms with E-state index in [9.17, 15) is 8.42 Å². The first-order valence-corrected chi connectivity index (χ1v) is 10.4. The third kappa shape index (κ3) is 3.37. The van der Waals surface area contributed by atoms with Crippen molar-refractivity contribution in [3.63, 3.8) is 0 Å². The molecule has 0 spiro atoms. The van der Waals surface area contributed by atoms with Crippen LogP contribution >= 0.6 is 11.3 Å². The van der Waals surface area contributed by atoms with Crippen molar-refractivity contribution in [2.24, 2.45) is 0 Å². The largest absolute Gasteiger partial charge is 0.240 e. The standard InChI is InChI=1S/C18H23NO2S2/c1-14-7-8-16(12-15(14)2)23(20,21)19-13-18(9-3-4-10-18)17-6-5-11-22-17/h5-8,11-12,19H,3-4,9-10,13H2,1-2H3.